The summed E-state index contributed by atoms with van der Waals surface area (Å²) in [6.07, 6.45) is 7.42. The summed E-state index contributed by atoms with van der Waals surface area (Å²) in [4.78, 5) is 14.7. The molecule has 0 unspecified atom stereocenters. The van der Waals surface area contributed by atoms with Gasteiger partial charge < -0.3 is 39.2 Å². The van der Waals surface area contributed by atoms with Gasteiger partial charge in [0.15, 0.2) is 0 Å². The fraction of sp³-hybridized carbons (Fsp3) is 0.528. The highest BCUT2D eigenvalue weighted by Crippen LogP contribution is 2.54. The van der Waals surface area contributed by atoms with E-state index in [-0.39, 0.29) is 17.0 Å². The molecular weight excluding hydrogens is 869 g/mol. The number of amides is 1. The van der Waals surface area contributed by atoms with Crippen molar-refractivity contribution in [1.82, 2.24) is 5.32 Å². The molecule has 0 aromatic heterocycles. The topological polar surface area (TPSA) is 164 Å². The average Bonchev–Trinajstić information content (AvgIpc) is 3.56. The molecule has 12 nitrogen and oxygen atoms in total. The van der Waals surface area contributed by atoms with Crippen LogP contribution >= 0.6 is 0 Å². The lowest BCUT2D eigenvalue weighted by Crippen LogP contribution is -2.44. The Bertz CT molecular complexity index is 2200. The Morgan fingerprint density at radius 2 is 1.24 bits per heavy atom. The van der Waals surface area contributed by atoms with Gasteiger partial charge in [0, 0.05) is 68.4 Å². The fourth-order valence-electron chi connectivity index (χ4n) is 7.93. The van der Waals surface area contributed by atoms with Crippen LogP contribution < -0.4 is 15.5 Å². The maximum Gasteiger partial charge on any atom is 0.219 e. The molecule has 0 fully saturated rings. The number of halogens is 2. The number of ether oxygens (including phenoxy) is 5. The zero-order chi connectivity index (χ0) is 49.6. The number of methoxy groups -OCH3 is 2. The molecule has 0 spiro atoms. The van der Waals surface area contributed by atoms with E-state index in [9.17, 15) is 4.79 Å². The van der Waals surface area contributed by atoms with E-state index in [2.05, 4.69) is 27.5 Å². The molecule has 0 bridgehead atoms. The van der Waals surface area contributed by atoms with Crippen LogP contribution in [0, 0.1) is 11.6 Å². The van der Waals surface area contributed by atoms with Crippen LogP contribution in [0.2, 0.25) is 0 Å². The Kier molecular flexibility index (Phi) is 22.9. The average molecular weight is 941 g/mol. The van der Waals surface area contributed by atoms with Crippen LogP contribution in [0.1, 0.15) is 103 Å². The molecule has 5 rings (SSSR count). The van der Waals surface area contributed by atoms with E-state index in [1.807, 2.05) is 24.3 Å². The third kappa shape index (κ3) is 16.7. The van der Waals surface area contributed by atoms with Gasteiger partial charge in [-0.3, -0.25) is 4.79 Å². The summed E-state index contributed by atoms with van der Waals surface area (Å²) >= 11 is 0. The second kappa shape index (κ2) is 28.0. The number of unbranched alkanes of at least 4 members (excludes halogenated alkanes) is 3. The van der Waals surface area contributed by atoms with Crippen LogP contribution in [-0.2, 0) is 29.2 Å². The van der Waals surface area contributed by atoms with Gasteiger partial charge in [-0.15, -0.1) is 0 Å². The Morgan fingerprint density at radius 1 is 0.676 bits per heavy atom. The summed E-state index contributed by atoms with van der Waals surface area (Å²) < 4.78 is 60.1. The number of aliphatic hydroxyl groups is 2. The van der Waals surface area contributed by atoms with E-state index in [0.717, 1.165) is 80.0 Å². The van der Waals surface area contributed by atoms with E-state index in [1.54, 1.807) is 66.2 Å². The van der Waals surface area contributed by atoms with Crippen LogP contribution in [0.15, 0.2) is 77.9 Å². The van der Waals surface area contributed by atoms with Crippen LogP contribution in [0.5, 0.6) is 5.75 Å². The Morgan fingerprint density at radius 3 is 1.81 bits per heavy atom. The van der Waals surface area contributed by atoms with Crippen molar-refractivity contribution in [3.63, 3.8) is 0 Å². The second-order valence-electron chi connectivity index (χ2n) is 18.2. The normalized spacial score (nSPS) is 12.7. The van der Waals surface area contributed by atoms with Crippen LogP contribution in [0.4, 0.5) is 8.78 Å². The van der Waals surface area contributed by atoms with Gasteiger partial charge in [-0.25, -0.2) is 8.78 Å². The van der Waals surface area contributed by atoms with Crippen LogP contribution in [-0.4, -0.2) is 109 Å². The van der Waals surface area contributed by atoms with E-state index in [0.29, 0.717) is 88.1 Å². The molecule has 2 radical (unpaired) electrons. The highest BCUT2D eigenvalue weighted by atomic mass is 19.1. The molecule has 1 amide bonds. The summed E-state index contributed by atoms with van der Waals surface area (Å²) in [6.45, 7) is 11.0. The number of hydrogen-bond acceptors (Lipinski definition) is 9. The minimum Gasteiger partial charge on any atom is -0.494 e. The monoisotopic (exact) mass is 941 g/mol. The summed E-state index contributed by atoms with van der Waals surface area (Å²) in [5, 5.41) is 24.6. The first kappa shape index (κ1) is 55.7. The van der Waals surface area contributed by atoms with E-state index in [4.69, 9.17) is 47.3 Å². The first-order valence-corrected chi connectivity index (χ1v) is 23.7. The van der Waals surface area contributed by atoms with Gasteiger partial charge >= 0.3 is 0 Å². The zero-order valence-corrected chi connectivity index (χ0v) is 40.9. The van der Waals surface area contributed by atoms with Crippen molar-refractivity contribution >= 4 is 19.2 Å². The third-order valence-electron chi connectivity index (χ3n) is 12.5. The molecule has 1 aliphatic rings. The maximum atomic E-state index is 16.2. The molecule has 1 aliphatic carbocycles. The molecule has 15 heteroatoms. The van der Waals surface area contributed by atoms with Crippen molar-refractivity contribution in [2.45, 2.75) is 109 Å². The molecule has 4 aromatic carbocycles. The molecule has 0 saturated carbocycles. The van der Waals surface area contributed by atoms with Crippen molar-refractivity contribution in [1.29, 1.82) is 0 Å². The van der Waals surface area contributed by atoms with Crippen molar-refractivity contribution in [2.75, 3.05) is 73.6 Å². The van der Waals surface area contributed by atoms with Gasteiger partial charge in [0.1, 0.15) is 25.2 Å². The number of benzene rings is 4. The van der Waals surface area contributed by atoms with Gasteiger partial charge in [-0.05, 0) is 148 Å². The molecule has 4 aromatic rings. The standard InChI is InChI=1S/C47H57BF2N4O6.C6H14O2/c1-56-26-28-58-23-8-19-47(20-9-24-59-29-27-57-2)42-30-35(13-17-38(42)39-18-14-36(48)31-43(39)47)41-33-44(49)40(32-45(41)50)34-11-15-37(16-12-34)60-25-7-6-21-52-46(55)10-4-3-5-22-53-54-51;1-5(2,7)6(3,4)8/h11-18,30-33H,3-10,19-29H2,1-2H3,(H,52,55);7-8H,1-4H3. The molecule has 0 aliphatic heterocycles. The molecule has 0 atom stereocenters. The van der Waals surface area contributed by atoms with Gasteiger partial charge in [0.2, 0.25) is 5.91 Å². The van der Waals surface area contributed by atoms with Crippen LogP contribution in [0.25, 0.3) is 43.8 Å². The number of rotatable bonds is 29. The first-order chi connectivity index (χ1) is 32.6. The fourth-order valence-corrected chi connectivity index (χ4v) is 7.93. The van der Waals surface area contributed by atoms with Gasteiger partial charge in [-0.2, -0.15) is 0 Å². The second-order valence-corrected chi connectivity index (χ2v) is 18.2. The minimum absolute atomic E-state index is 0.0105. The third-order valence-corrected chi connectivity index (χ3v) is 12.5. The van der Waals surface area contributed by atoms with E-state index < -0.39 is 28.3 Å². The highest BCUT2D eigenvalue weighted by Gasteiger charge is 2.42. The molecule has 68 heavy (non-hydrogen) atoms. The first-order valence-electron chi connectivity index (χ1n) is 23.7. The Hall–Kier alpha value is -4.86. The van der Waals surface area contributed by atoms with Gasteiger partial charge in [0.05, 0.1) is 44.2 Å². The number of fused-ring (bicyclic) bond motifs is 3. The summed E-state index contributed by atoms with van der Waals surface area (Å²) in [6, 6.07) is 21.5. The lowest BCUT2D eigenvalue weighted by molar-refractivity contribution is -0.121. The maximum absolute atomic E-state index is 16.2. The van der Waals surface area contributed by atoms with E-state index in [1.165, 1.54) is 12.1 Å². The molecule has 368 valence electrons. The van der Waals surface area contributed by atoms with Crippen molar-refractivity contribution < 1.29 is 47.5 Å². The van der Waals surface area contributed by atoms with Gasteiger partial charge in [0.25, 0.3) is 0 Å². The van der Waals surface area contributed by atoms with Crippen molar-refractivity contribution in [2.24, 2.45) is 5.11 Å². The molecule has 0 saturated heterocycles. The number of nitrogens with one attached hydrogen (secondary N) is 1. The van der Waals surface area contributed by atoms with Crippen LogP contribution in [0.3, 0.4) is 0 Å². The van der Waals surface area contributed by atoms with E-state index >= 15 is 8.78 Å². The quantitative estimate of drug-likeness (QED) is 0.0159. The smallest absolute Gasteiger partial charge is 0.219 e. The predicted octanol–water partition coefficient (Wildman–Crippen LogP) is 9.92. The lowest BCUT2D eigenvalue weighted by atomic mass is 9.70. The zero-order valence-electron chi connectivity index (χ0n) is 40.9. The lowest BCUT2D eigenvalue weighted by Gasteiger charge is -2.33. The molecule has 3 N–H and O–H groups in total. The number of hydrogen-bond donors (Lipinski definition) is 3. The highest BCUT2D eigenvalue weighted by molar-refractivity contribution is 6.32. The van der Waals surface area contributed by atoms with Crippen molar-refractivity contribution in [3.8, 4) is 39.1 Å². The van der Waals surface area contributed by atoms with Gasteiger partial charge in [-0.1, -0.05) is 59.5 Å². The Labute approximate surface area is 403 Å². The number of nitrogens with zero attached hydrogens (tertiary/aromatic N) is 3. The summed E-state index contributed by atoms with van der Waals surface area (Å²) in [7, 11) is 9.71. The number of azide groups is 1. The largest absolute Gasteiger partial charge is 0.494 e. The molecule has 0 heterocycles. The SMILES string of the molecule is CC(C)(O)C(C)(C)O.[B]c1ccc2c(c1)C(CCCOCCOC)(CCCOCCOC)c1cc(-c3cc(F)c(-c4ccc(OCCCCNC(=O)CCCCCN=[N+]=[N-])cc4)cc3F)ccc1-2. The summed E-state index contributed by atoms with van der Waals surface area (Å²) in [5.41, 5.74) is 12.3. The number of carbonyl (C=O) groups is 1. The predicted molar refractivity (Wildman–Crippen MR) is 266 cm³/mol. The summed E-state index contributed by atoms with van der Waals surface area (Å²) in [5.74, 6) is -0.420. The van der Waals surface area contributed by atoms with Crippen molar-refractivity contribution in [3.05, 3.63) is 106 Å². The minimum atomic E-state index is -1.01. The number of carbonyl (C=O) groups excluding carboxylic acids is 1. The molecular formula is C53H71BF2N4O8. The Balaban J connectivity index is 0.00000115.